The van der Waals surface area contributed by atoms with Gasteiger partial charge in [-0.2, -0.15) is 0 Å². The van der Waals surface area contributed by atoms with Crippen LogP contribution in [0.4, 0.5) is 5.82 Å². The van der Waals surface area contributed by atoms with E-state index in [1.165, 1.54) is 11.1 Å². The number of hydrogen-bond acceptors (Lipinski definition) is 7. The number of benzene rings is 1. The molecule has 5 rings (SSSR count). The minimum atomic E-state index is 0.00548. The lowest BCUT2D eigenvalue weighted by Crippen LogP contribution is -2.43. The summed E-state index contributed by atoms with van der Waals surface area (Å²) in [5, 5.41) is 12.7. The van der Waals surface area contributed by atoms with Gasteiger partial charge in [-0.05, 0) is 35.7 Å². The van der Waals surface area contributed by atoms with Crippen molar-refractivity contribution < 1.29 is 4.74 Å². The van der Waals surface area contributed by atoms with Crippen molar-refractivity contribution in [1.82, 2.24) is 19.5 Å². The van der Waals surface area contributed by atoms with E-state index in [1.54, 1.807) is 11.8 Å². The first-order valence-electron chi connectivity index (χ1n) is 9.04. The average molecular weight is 363 g/mol. The van der Waals surface area contributed by atoms with Crippen molar-refractivity contribution in [2.75, 3.05) is 30.9 Å². The SMILES string of the molecule is COc1cccc2c3n(c(=N)nc12)NC(CN1CCc2ccncc2C1)N3. The lowest BCUT2D eigenvalue weighted by molar-refractivity contribution is 0.247. The molecule has 2 aromatic heterocycles. The number of nitrogens with zero attached hydrogens (tertiary/aromatic N) is 4. The maximum atomic E-state index is 8.28. The quantitative estimate of drug-likeness (QED) is 0.649. The second-order valence-electron chi connectivity index (χ2n) is 6.93. The summed E-state index contributed by atoms with van der Waals surface area (Å²) in [6.07, 6.45) is 4.87. The molecule has 0 aliphatic carbocycles. The molecule has 0 fully saturated rings. The van der Waals surface area contributed by atoms with Crippen LogP contribution in [0.1, 0.15) is 11.1 Å². The summed E-state index contributed by atoms with van der Waals surface area (Å²) in [5.41, 5.74) is 6.90. The molecular formula is C19H21N7O. The van der Waals surface area contributed by atoms with Crippen molar-refractivity contribution in [2.24, 2.45) is 0 Å². The fourth-order valence-corrected chi connectivity index (χ4v) is 3.94. The van der Waals surface area contributed by atoms with Crippen LogP contribution in [0.5, 0.6) is 5.75 Å². The number of aromatic nitrogens is 3. The van der Waals surface area contributed by atoms with Crippen molar-refractivity contribution in [1.29, 1.82) is 5.41 Å². The summed E-state index contributed by atoms with van der Waals surface area (Å²) in [6.45, 7) is 2.73. The van der Waals surface area contributed by atoms with Gasteiger partial charge in [0.05, 0.1) is 7.11 Å². The number of hydrogen-bond donors (Lipinski definition) is 3. The van der Waals surface area contributed by atoms with Crippen LogP contribution in [0.15, 0.2) is 36.7 Å². The number of rotatable bonds is 3. The third-order valence-corrected chi connectivity index (χ3v) is 5.26. The lowest BCUT2D eigenvalue weighted by Gasteiger charge is -2.30. The van der Waals surface area contributed by atoms with Gasteiger partial charge in [0.1, 0.15) is 23.2 Å². The molecule has 0 radical (unpaired) electrons. The molecule has 8 nitrogen and oxygen atoms in total. The topological polar surface area (TPSA) is 91.1 Å². The molecule has 4 heterocycles. The Kier molecular flexibility index (Phi) is 3.71. The van der Waals surface area contributed by atoms with Gasteiger partial charge in [0, 0.05) is 37.4 Å². The van der Waals surface area contributed by atoms with Crippen molar-refractivity contribution in [3.8, 4) is 5.75 Å². The summed E-state index contributed by atoms with van der Waals surface area (Å²) in [7, 11) is 1.62. The maximum absolute atomic E-state index is 8.28. The van der Waals surface area contributed by atoms with Crippen LogP contribution < -0.4 is 21.1 Å². The van der Waals surface area contributed by atoms with Gasteiger partial charge in [-0.25, -0.2) is 9.66 Å². The zero-order valence-corrected chi connectivity index (χ0v) is 15.1. The molecule has 1 unspecified atom stereocenters. The van der Waals surface area contributed by atoms with Crippen LogP contribution in [0.2, 0.25) is 0 Å². The van der Waals surface area contributed by atoms with Gasteiger partial charge in [0.15, 0.2) is 0 Å². The monoisotopic (exact) mass is 363 g/mol. The fourth-order valence-electron chi connectivity index (χ4n) is 3.94. The van der Waals surface area contributed by atoms with Crippen molar-refractivity contribution in [3.63, 3.8) is 0 Å². The molecule has 0 bridgehead atoms. The summed E-state index contributed by atoms with van der Waals surface area (Å²) in [5.74, 6) is 1.53. The predicted octanol–water partition coefficient (Wildman–Crippen LogP) is 1.27. The molecule has 138 valence electrons. The molecule has 2 aliphatic rings. The van der Waals surface area contributed by atoms with E-state index < -0.39 is 0 Å². The van der Waals surface area contributed by atoms with E-state index in [2.05, 4.69) is 31.7 Å². The Morgan fingerprint density at radius 2 is 2.22 bits per heavy atom. The van der Waals surface area contributed by atoms with Gasteiger partial charge in [-0.15, -0.1) is 0 Å². The molecule has 8 heteroatoms. The minimum absolute atomic E-state index is 0.00548. The van der Waals surface area contributed by atoms with Gasteiger partial charge in [0.2, 0.25) is 5.62 Å². The molecule has 3 aromatic rings. The van der Waals surface area contributed by atoms with Crippen molar-refractivity contribution >= 4 is 16.7 Å². The van der Waals surface area contributed by atoms with E-state index in [-0.39, 0.29) is 11.8 Å². The second kappa shape index (κ2) is 6.24. The number of methoxy groups -OCH3 is 1. The molecule has 1 aromatic carbocycles. The predicted molar refractivity (Wildman–Crippen MR) is 102 cm³/mol. The van der Waals surface area contributed by atoms with Crippen LogP contribution in [0, 0.1) is 5.41 Å². The Hall–Kier alpha value is -3.13. The molecule has 0 saturated carbocycles. The largest absolute Gasteiger partial charge is 0.494 e. The molecule has 1 atom stereocenters. The number of pyridine rings is 1. The molecule has 27 heavy (non-hydrogen) atoms. The van der Waals surface area contributed by atoms with Crippen LogP contribution >= 0.6 is 0 Å². The summed E-state index contributed by atoms with van der Waals surface area (Å²) in [4.78, 5) is 11.1. The van der Waals surface area contributed by atoms with Gasteiger partial charge in [-0.3, -0.25) is 20.7 Å². The number of anilines is 1. The van der Waals surface area contributed by atoms with E-state index in [1.807, 2.05) is 30.6 Å². The number of ether oxygens (including phenoxy) is 1. The highest BCUT2D eigenvalue weighted by Crippen LogP contribution is 2.29. The number of nitrogens with one attached hydrogen (secondary N) is 3. The highest BCUT2D eigenvalue weighted by molar-refractivity contribution is 5.93. The van der Waals surface area contributed by atoms with Crippen molar-refractivity contribution in [3.05, 3.63) is 53.4 Å². The van der Waals surface area contributed by atoms with Gasteiger partial charge in [0.25, 0.3) is 0 Å². The summed E-state index contributed by atoms with van der Waals surface area (Å²) < 4.78 is 7.12. The van der Waals surface area contributed by atoms with E-state index in [0.717, 1.165) is 37.3 Å². The Morgan fingerprint density at radius 3 is 3.11 bits per heavy atom. The van der Waals surface area contributed by atoms with Gasteiger partial charge in [-0.1, -0.05) is 6.07 Å². The van der Waals surface area contributed by atoms with Crippen LogP contribution in [0.25, 0.3) is 10.9 Å². The zero-order valence-electron chi connectivity index (χ0n) is 15.1. The third kappa shape index (κ3) is 2.69. The summed E-state index contributed by atoms with van der Waals surface area (Å²) >= 11 is 0. The van der Waals surface area contributed by atoms with Crippen molar-refractivity contribution in [2.45, 2.75) is 19.1 Å². The fraction of sp³-hybridized carbons (Fsp3) is 0.316. The van der Waals surface area contributed by atoms with Gasteiger partial charge < -0.3 is 10.1 Å². The molecule has 3 N–H and O–H groups in total. The zero-order chi connectivity index (χ0) is 18.4. The lowest BCUT2D eigenvalue weighted by atomic mass is 10.0. The molecular weight excluding hydrogens is 342 g/mol. The standard InChI is InChI=1S/C19H21N7O/c1-27-15-4-2-3-14-17(15)23-19(20)26-18(14)22-16(24-26)11-25-8-6-12-5-7-21-9-13(12)10-25/h2-5,7,9,16,20,22,24H,6,8,10-11H2,1H3. The maximum Gasteiger partial charge on any atom is 0.243 e. The first-order valence-corrected chi connectivity index (χ1v) is 9.04. The highest BCUT2D eigenvalue weighted by atomic mass is 16.5. The highest BCUT2D eigenvalue weighted by Gasteiger charge is 2.26. The normalized spacial score (nSPS) is 18.5. The van der Waals surface area contributed by atoms with E-state index in [9.17, 15) is 0 Å². The number of para-hydroxylation sites is 1. The molecule has 0 spiro atoms. The van der Waals surface area contributed by atoms with Crippen LogP contribution in [0.3, 0.4) is 0 Å². The molecule has 0 saturated heterocycles. The third-order valence-electron chi connectivity index (χ3n) is 5.26. The number of fused-ring (bicyclic) bond motifs is 4. The Labute approximate surface area is 156 Å². The first-order chi connectivity index (χ1) is 13.2. The van der Waals surface area contributed by atoms with Crippen LogP contribution in [-0.4, -0.2) is 45.9 Å². The van der Waals surface area contributed by atoms with Crippen LogP contribution in [-0.2, 0) is 13.0 Å². The molecule has 0 amide bonds. The smallest absolute Gasteiger partial charge is 0.243 e. The average Bonchev–Trinajstić information content (AvgIpc) is 3.12. The van der Waals surface area contributed by atoms with E-state index >= 15 is 0 Å². The van der Waals surface area contributed by atoms with E-state index in [4.69, 9.17) is 10.1 Å². The Morgan fingerprint density at radius 1 is 1.30 bits per heavy atom. The second-order valence-corrected chi connectivity index (χ2v) is 6.93. The minimum Gasteiger partial charge on any atom is -0.494 e. The first kappa shape index (κ1) is 16.1. The van der Waals surface area contributed by atoms with Gasteiger partial charge >= 0.3 is 0 Å². The Balaban J connectivity index is 1.40. The van der Waals surface area contributed by atoms with E-state index in [0.29, 0.717) is 11.3 Å². The Bertz CT molecular complexity index is 1080. The molecule has 2 aliphatic heterocycles. The summed E-state index contributed by atoms with van der Waals surface area (Å²) in [6, 6.07) is 7.92.